The van der Waals surface area contributed by atoms with Crippen LogP contribution in [0.3, 0.4) is 0 Å². The average molecular weight is 234 g/mol. The summed E-state index contributed by atoms with van der Waals surface area (Å²) in [6.45, 7) is 0. The molecule has 1 heterocycles. The highest BCUT2D eigenvalue weighted by atomic mass is 14.7. The molecule has 1 aromatic heterocycles. The lowest BCUT2D eigenvalue weighted by Gasteiger charge is -1.96. The monoisotopic (exact) mass is 234 g/mol. The van der Waals surface area contributed by atoms with Gasteiger partial charge in [-0.2, -0.15) is 0 Å². The molecule has 2 nitrogen and oxygen atoms in total. The molecule has 18 heavy (non-hydrogen) atoms. The quantitative estimate of drug-likeness (QED) is 0.668. The number of rotatable bonds is 1. The van der Waals surface area contributed by atoms with Gasteiger partial charge in [0.2, 0.25) is 0 Å². The van der Waals surface area contributed by atoms with E-state index in [1.54, 1.807) is 0 Å². The molecule has 0 spiro atoms. The molecule has 0 bridgehead atoms. The molecule has 3 aromatic rings. The van der Waals surface area contributed by atoms with E-state index in [2.05, 4.69) is 52.6 Å². The molecule has 1 N–H and O–H groups in total. The third-order valence-corrected chi connectivity index (χ3v) is 3.13. The molecule has 88 valence electrons. The minimum absolute atomic E-state index is 0.984. The van der Waals surface area contributed by atoms with Gasteiger partial charge < -0.3 is 4.98 Å². The van der Waals surface area contributed by atoms with Gasteiger partial charge in [-0.15, -0.1) is 0 Å². The Hall–Kier alpha value is -2.35. The number of hydrogen-bond donors (Lipinski definition) is 1. The highest BCUT2D eigenvalue weighted by Gasteiger charge is 2.05. The van der Waals surface area contributed by atoms with Crippen LogP contribution in [0, 0.1) is 0 Å². The van der Waals surface area contributed by atoms with Crippen LogP contribution in [0.25, 0.3) is 22.0 Å². The first-order valence-corrected chi connectivity index (χ1v) is 5.99. The van der Waals surface area contributed by atoms with Crippen LogP contribution in [-0.2, 0) is 0 Å². The largest absolute Gasteiger partial charge is 0.359 e. The van der Waals surface area contributed by atoms with E-state index < -0.39 is 0 Å². The number of fused-ring (bicyclic) bond motifs is 1. The van der Waals surface area contributed by atoms with Gasteiger partial charge in [0.1, 0.15) is 0 Å². The van der Waals surface area contributed by atoms with Crippen molar-refractivity contribution in [1.29, 1.82) is 0 Å². The van der Waals surface area contributed by atoms with E-state index >= 15 is 0 Å². The van der Waals surface area contributed by atoms with Crippen LogP contribution in [0.2, 0.25) is 0 Å². The zero-order chi connectivity index (χ0) is 12.4. The lowest BCUT2D eigenvalue weighted by molar-refractivity contribution is 1.28. The molecule has 3 rings (SSSR count). The SMILES string of the molecule is CN=c1ccccc2c(-c3ccccc3)c[nH]c12. The second-order valence-electron chi connectivity index (χ2n) is 4.18. The van der Waals surface area contributed by atoms with Crippen LogP contribution in [0.5, 0.6) is 0 Å². The smallest absolute Gasteiger partial charge is 0.0811 e. The third-order valence-electron chi connectivity index (χ3n) is 3.13. The van der Waals surface area contributed by atoms with E-state index in [4.69, 9.17) is 0 Å². The summed E-state index contributed by atoms with van der Waals surface area (Å²) in [6.07, 6.45) is 2.05. The highest BCUT2D eigenvalue weighted by Crippen LogP contribution is 2.26. The number of aromatic nitrogens is 1. The third kappa shape index (κ3) is 1.72. The normalized spacial score (nSPS) is 11.9. The van der Waals surface area contributed by atoms with E-state index in [0.29, 0.717) is 0 Å². The van der Waals surface area contributed by atoms with Gasteiger partial charge in [0.25, 0.3) is 0 Å². The molecule has 2 aromatic carbocycles. The molecular weight excluding hydrogens is 220 g/mol. The molecule has 0 aliphatic carbocycles. The van der Waals surface area contributed by atoms with Crippen molar-refractivity contribution in [3.63, 3.8) is 0 Å². The Bertz CT molecular complexity index is 740. The average Bonchev–Trinajstić information content (AvgIpc) is 2.73. The Labute approximate surface area is 106 Å². The number of hydrogen-bond acceptors (Lipinski definition) is 1. The lowest BCUT2D eigenvalue weighted by atomic mass is 10.1. The van der Waals surface area contributed by atoms with E-state index in [1.807, 2.05) is 25.2 Å². The maximum absolute atomic E-state index is 4.31. The molecular formula is C16H14N2. The summed E-state index contributed by atoms with van der Waals surface area (Å²) in [5.41, 5.74) is 3.52. The fraction of sp³-hybridized carbons (Fsp3) is 0.0625. The van der Waals surface area contributed by atoms with Crippen molar-refractivity contribution in [2.24, 2.45) is 4.99 Å². The fourth-order valence-electron chi connectivity index (χ4n) is 2.24. The van der Waals surface area contributed by atoms with Crippen molar-refractivity contribution in [1.82, 2.24) is 4.98 Å². The van der Waals surface area contributed by atoms with Crippen molar-refractivity contribution in [3.8, 4) is 11.1 Å². The first-order valence-electron chi connectivity index (χ1n) is 5.99. The maximum Gasteiger partial charge on any atom is 0.0811 e. The molecule has 0 amide bonds. The molecule has 0 radical (unpaired) electrons. The van der Waals surface area contributed by atoms with Crippen molar-refractivity contribution >= 4 is 10.9 Å². The topological polar surface area (TPSA) is 28.1 Å². The standard InChI is InChI=1S/C16H14N2/c1-17-15-10-6-5-9-13-14(11-18-16(13)15)12-7-3-2-4-8-12/h2-11,18H,1H3. The molecule has 0 aliphatic rings. The van der Waals surface area contributed by atoms with Gasteiger partial charge in [0.05, 0.1) is 10.9 Å². The van der Waals surface area contributed by atoms with Crippen molar-refractivity contribution in [2.75, 3.05) is 7.05 Å². The van der Waals surface area contributed by atoms with E-state index in [1.165, 1.54) is 16.5 Å². The van der Waals surface area contributed by atoms with Crippen LogP contribution in [0.1, 0.15) is 0 Å². The fourth-order valence-corrected chi connectivity index (χ4v) is 2.24. The van der Waals surface area contributed by atoms with Gasteiger partial charge in [0.15, 0.2) is 0 Å². The summed E-state index contributed by atoms with van der Waals surface area (Å²) in [5, 5.41) is 2.18. The second-order valence-corrected chi connectivity index (χ2v) is 4.18. The predicted octanol–water partition coefficient (Wildman–Crippen LogP) is 3.37. The van der Waals surface area contributed by atoms with Gasteiger partial charge in [-0.05, 0) is 11.6 Å². The Balaban J connectivity index is 2.39. The van der Waals surface area contributed by atoms with Crippen LogP contribution in [0.15, 0.2) is 65.8 Å². The molecule has 0 atom stereocenters. The zero-order valence-electron chi connectivity index (χ0n) is 10.2. The Morgan fingerprint density at radius 1 is 0.889 bits per heavy atom. The van der Waals surface area contributed by atoms with Crippen molar-refractivity contribution < 1.29 is 0 Å². The highest BCUT2D eigenvalue weighted by molar-refractivity contribution is 5.94. The van der Waals surface area contributed by atoms with E-state index in [0.717, 1.165) is 10.9 Å². The molecule has 0 unspecified atom stereocenters. The van der Waals surface area contributed by atoms with E-state index in [9.17, 15) is 0 Å². The van der Waals surface area contributed by atoms with Crippen LogP contribution >= 0.6 is 0 Å². The molecule has 0 aliphatic heterocycles. The van der Waals surface area contributed by atoms with Gasteiger partial charge in [-0.1, -0.05) is 48.5 Å². The number of H-pyrrole nitrogens is 1. The molecule has 0 saturated carbocycles. The summed E-state index contributed by atoms with van der Waals surface area (Å²) >= 11 is 0. The summed E-state index contributed by atoms with van der Waals surface area (Å²) in [4.78, 5) is 7.65. The first kappa shape index (κ1) is 10.8. The van der Waals surface area contributed by atoms with Crippen molar-refractivity contribution in [2.45, 2.75) is 0 Å². The Morgan fingerprint density at radius 2 is 1.61 bits per heavy atom. The summed E-state index contributed by atoms with van der Waals surface area (Å²) in [6, 6.07) is 18.6. The van der Waals surface area contributed by atoms with Gasteiger partial charge >= 0.3 is 0 Å². The molecule has 0 saturated heterocycles. The van der Waals surface area contributed by atoms with Crippen LogP contribution < -0.4 is 5.36 Å². The van der Waals surface area contributed by atoms with E-state index in [-0.39, 0.29) is 0 Å². The number of aromatic amines is 1. The number of benzene rings is 1. The van der Waals surface area contributed by atoms with Crippen LogP contribution in [0.4, 0.5) is 0 Å². The van der Waals surface area contributed by atoms with Crippen LogP contribution in [-0.4, -0.2) is 12.0 Å². The van der Waals surface area contributed by atoms with Gasteiger partial charge in [-0.3, -0.25) is 4.99 Å². The summed E-state index contributed by atoms with van der Waals surface area (Å²) in [5.74, 6) is 0. The Kier molecular flexibility index (Phi) is 2.69. The minimum atomic E-state index is 0.984. The maximum atomic E-state index is 4.31. The Morgan fingerprint density at radius 3 is 2.39 bits per heavy atom. The second kappa shape index (κ2) is 4.49. The number of nitrogens with zero attached hydrogens (tertiary/aromatic N) is 1. The minimum Gasteiger partial charge on any atom is -0.359 e. The first-order chi connectivity index (χ1) is 8.90. The van der Waals surface area contributed by atoms with Gasteiger partial charge in [0, 0.05) is 24.2 Å². The number of nitrogens with one attached hydrogen (secondary N) is 1. The van der Waals surface area contributed by atoms with Gasteiger partial charge in [-0.25, -0.2) is 0 Å². The molecule has 0 fully saturated rings. The predicted molar refractivity (Wildman–Crippen MR) is 75.2 cm³/mol. The summed E-state index contributed by atoms with van der Waals surface area (Å²) < 4.78 is 0. The lowest BCUT2D eigenvalue weighted by Crippen LogP contribution is -1.97. The molecule has 2 heteroatoms. The van der Waals surface area contributed by atoms with Crippen molar-refractivity contribution in [3.05, 3.63) is 66.2 Å². The summed E-state index contributed by atoms with van der Waals surface area (Å²) in [7, 11) is 1.82. The zero-order valence-corrected chi connectivity index (χ0v) is 10.2.